The van der Waals surface area contributed by atoms with Gasteiger partial charge in [-0.05, 0) is 57.2 Å². The Bertz CT molecular complexity index is 1070. The molecule has 1 saturated heterocycles. The Labute approximate surface area is 194 Å². The lowest BCUT2D eigenvalue weighted by atomic mass is 9.68. The number of urea groups is 1. The number of methoxy groups -OCH3 is 1. The maximum Gasteiger partial charge on any atom is 0.317 e. The summed E-state index contributed by atoms with van der Waals surface area (Å²) in [4.78, 5) is 33.2. The van der Waals surface area contributed by atoms with E-state index in [-0.39, 0.29) is 42.0 Å². The van der Waals surface area contributed by atoms with Crippen molar-refractivity contribution in [3.63, 3.8) is 0 Å². The third-order valence-corrected chi connectivity index (χ3v) is 7.55. The molecule has 8 heteroatoms. The highest BCUT2D eigenvalue weighted by Gasteiger charge is 2.50. The van der Waals surface area contributed by atoms with E-state index in [1.165, 1.54) is 5.56 Å². The van der Waals surface area contributed by atoms with E-state index in [1.54, 1.807) is 7.11 Å². The summed E-state index contributed by atoms with van der Waals surface area (Å²) in [5, 5.41) is 14.5. The van der Waals surface area contributed by atoms with Crippen LogP contribution in [-0.4, -0.2) is 71.2 Å². The van der Waals surface area contributed by atoms with E-state index in [0.717, 1.165) is 48.0 Å². The van der Waals surface area contributed by atoms with Crippen LogP contribution in [0.1, 0.15) is 56.8 Å². The normalized spacial score (nSPS) is 22.0. The molecule has 3 aliphatic rings. The zero-order valence-electron chi connectivity index (χ0n) is 19.7. The molecule has 1 aliphatic carbocycles. The molecule has 1 spiro atoms. The fraction of sp³-hybridized carbons (Fsp3) is 0.600. The number of aromatic nitrogens is 1. The summed E-state index contributed by atoms with van der Waals surface area (Å²) in [5.74, 6) is 0.996. The Morgan fingerprint density at radius 2 is 2.00 bits per heavy atom. The van der Waals surface area contributed by atoms with Crippen molar-refractivity contribution in [2.45, 2.75) is 57.0 Å². The fourth-order valence-electron chi connectivity index (χ4n) is 5.69. The van der Waals surface area contributed by atoms with E-state index in [4.69, 9.17) is 4.74 Å². The number of ether oxygens (including phenoxy) is 1. The van der Waals surface area contributed by atoms with E-state index >= 15 is 0 Å². The molecule has 3 amide bonds. The summed E-state index contributed by atoms with van der Waals surface area (Å²) in [5.41, 5.74) is 2.83. The number of H-pyrrole nitrogens is 1. The Kier molecular flexibility index (Phi) is 5.51. The van der Waals surface area contributed by atoms with Gasteiger partial charge in [0.05, 0.1) is 19.8 Å². The SMILES string of the molecule is COc1ccc2c3c([nH]c2c1)[C@H](CO)N(C(=O)C1CC1)CC31CCN(C(=O)NC(C)C)CC1. The Morgan fingerprint density at radius 3 is 2.61 bits per heavy atom. The number of aliphatic hydroxyl groups is 1. The number of aliphatic hydroxyl groups excluding tert-OH is 1. The summed E-state index contributed by atoms with van der Waals surface area (Å²) in [6.45, 7) is 5.67. The van der Waals surface area contributed by atoms with Crippen LogP contribution in [-0.2, 0) is 10.2 Å². The van der Waals surface area contributed by atoms with Gasteiger partial charge < -0.3 is 29.9 Å². The number of carbonyl (C=O) groups excluding carboxylic acids is 2. The van der Waals surface area contributed by atoms with Crippen LogP contribution in [0.15, 0.2) is 18.2 Å². The van der Waals surface area contributed by atoms with Crippen LogP contribution in [0.3, 0.4) is 0 Å². The van der Waals surface area contributed by atoms with Gasteiger partial charge in [-0.2, -0.15) is 0 Å². The summed E-state index contributed by atoms with van der Waals surface area (Å²) in [6, 6.07) is 5.71. The first-order chi connectivity index (χ1) is 15.9. The first-order valence-corrected chi connectivity index (χ1v) is 12.0. The number of amides is 3. The molecule has 1 aromatic heterocycles. The lowest BCUT2D eigenvalue weighted by Crippen LogP contribution is -2.57. The maximum atomic E-state index is 13.3. The second-order valence-electron chi connectivity index (χ2n) is 10.1. The number of benzene rings is 1. The predicted octanol–water partition coefficient (Wildman–Crippen LogP) is 2.91. The number of rotatable bonds is 4. The zero-order chi connectivity index (χ0) is 23.3. The van der Waals surface area contributed by atoms with Crippen LogP contribution in [0, 0.1) is 5.92 Å². The standard InChI is InChI=1S/C25H34N4O4/c1-15(2)26-24(32)28-10-8-25(9-11-28)14-29(23(31)16-4-5-16)20(13-30)22-21(25)18-7-6-17(33-3)12-19(18)27-22/h6-7,12,15-16,20,27,30H,4-5,8-11,13-14H2,1-3H3,(H,26,32)/t20-/m0/s1. The Hall–Kier alpha value is -2.74. The highest BCUT2D eigenvalue weighted by atomic mass is 16.5. The van der Waals surface area contributed by atoms with Crippen molar-refractivity contribution >= 4 is 22.8 Å². The van der Waals surface area contributed by atoms with Gasteiger partial charge in [-0.25, -0.2) is 4.79 Å². The lowest BCUT2D eigenvalue weighted by Gasteiger charge is -2.50. The van der Waals surface area contributed by atoms with Crippen LogP contribution < -0.4 is 10.1 Å². The lowest BCUT2D eigenvalue weighted by molar-refractivity contribution is -0.138. The second kappa shape index (κ2) is 8.24. The zero-order valence-corrected chi connectivity index (χ0v) is 19.7. The van der Waals surface area contributed by atoms with Gasteiger partial charge in [-0.15, -0.1) is 0 Å². The fourth-order valence-corrected chi connectivity index (χ4v) is 5.69. The first kappa shape index (κ1) is 22.1. The van der Waals surface area contributed by atoms with Crippen molar-refractivity contribution in [2.75, 3.05) is 33.4 Å². The average Bonchev–Trinajstić information content (AvgIpc) is 3.58. The van der Waals surface area contributed by atoms with Crippen LogP contribution in [0.4, 0.5) is 4.79 Å². The number of likely N-dealkylation sites (tertiary alicyclic amines) is 1. The Balaban J connectivity index is 1.56. The van der Waals surface area contributed by atoms with Gasteiger partial charge in [0.1, 0.15) is 5.75 Å². The molecule has 8 nitrogen and oxygen atoms in total. The van der Waals surface area contributed by atoms with E-state index in [9.17, 15) is 14.7 Å². The number of aromatic amines is 1. The molecular formula is C25H34N4O4. The predicted molar refractivity (Wildman–Crippen MR) is 125 cm³/mol. The van der Waals surface area contributed by atoms with Crippen LogP contribution >= 0.6 is 0 Å². The van der Waals surface area contributed by atoms with Gasteiger partial charge in [0.15, 0.2) is 0 Å². The minimum Gasteiger partial charge on any atom is -0.497 e. The van der Waals surface area contributed by atoms with E-state index in [0.29, 0.717) is 19.6 Å². The summed E-state index contributed by atoms with van der Waals surface area (Å²) < 4.78 is 5.43. The number of fused-ring (bicyclic) bond motifs is 4. The summed E-state index contributed by atoms with van der Waals surface area (Å²) >= 11 is 0. The number of carbonyl (C=O) groups is 2. The Morgan fingerprint density at radius 1 is 1.27 bits per heavy atom. The number of hydrogen-bond donors (Lipinski definition) is 3. The highest BCUT2D eigenvalue weighted by Crippen LogP contribution is 2.50. The van der Waals surface area contributed by atoms with E-state index in [2.05, 4.69) is 16.4 Å². The minimum absolute atomic E-state index is 0.0290. The minimum atomic E-state index is -0.376. The molecule has 1 atom stereocenters. The van der Waals surface area contributed by atoms with Crippen LogP contribution in [0.5, 0.6) is 5.75 Å². The van der Waals surface area contributed by atoms with Crippen molar-refractivity contribution in [3.05, 3.63) is 29.5 Å². The molecule has 0 bridgehead atoms. The smallest absolute Gasteiger partial charge is 0.317 e. The third-order valence-electron chi connectivity index (χ3n) is 7.55. The number of nitrogens with one attached hydrogen (secondary N) is 2. The molecule has 5 rings (SSSR count). The van der Waals surface area contributed by atoms with Crippen molar-refractivity contribution in [2.24, 2.45) is 5.92 Å². The van der Waals surface area contributed by atoms with Crippen LogP contribution in [0.2, 0.25) is 0 Å². The molecule has 1 saturated carbocycles. The molecular weight excluding hydrogens is 420 g/mol. The van der Waals surface area contributed by atoms with E-state index < -0.39 is 0 Å². The molecule has 33 heavy (non-hydrogen) atoms. The van der Waals surface area contributed by atoms with Gasteiger partial charge in [-0.1, -0.05) is 0 Å². The largest absolute Gasteiger partial charge is 0.497 e. The van der Waals surface area contributed by atoms with Gasteiger partial charge in [-0.3, -0.25) is 4.79 Å². The van der Waals surface area contributed by atoms with Crippen molar-refractivity contribution < 1.29 is 19.4 Å². The van der Waals surface area contributed by atoms with Crippen molar-refractivity contribution in [1.29, 1.82) is 0 Å². The van der Waals surface area contributed by atoms with Crippen molar-refractivity contribution in [3.8, 4) is 5.75 Å². The second-order valence-corrected chi connectivity index (χ2v) is 10.1. The molecule has 178 valence electrons. The first-order valence-electron chi connectivity index (χ1n) is 12.0. The highest BCUT2D eigenvalue weighted by molar-refractivity contribution is 5.89. The summed E-state index contributed by atoms with van der Waals surface area (Å²) in [7, 11) is 1.65. The molecule has 2 aromatic rings. The van der Waals surface area contributed by atoms with Crippen molar-refractivity contribution in [1.82, 2.24) is 20.1 Å². The molecule has 1 aromatic carbocycles. The molecule has 0 radical (unpaired) electrons. The van der Waals surface area contributed by atoms with Gasteiger partial charge in [0.25, 0.3) is 0 Å². The molecule has 3 heterocycles. The number of piperidine rings is 1. The molecule has 2 aliphatic heterocycles. The maximum absolute atomic E-state index is 13.3. The van der Waals surface area contributed by atoms with Gasteiger partial charge in [0.2, 0.25) is 5.91 Å². The topological polar surface area (TPSA) is 97.9 Å². The number of nitrogens with zero attached hydrogens (tertiary/aromatic N) is 2. The molecule has 2 fully saturated rings. The van der Waals surface area contributed by atoms with Gasteiger partial charge >= 0.3 is 6.03 Å². The quantitative estimate of drug-likeness (QED) is 0.662. The van der Waals surface area contributed by atoms with E-state index in [1.807, 2.05) is 35.8 Å². The van der Waals surface area contributed by atoms with Crippen LogP contribution in [0.25, 0.3) is 10.9 Å². The average molecular weight is 455 g/mol. The number of hydrogen-bond acceptors (Lipinski definition) is 4. The summed E-state index contributed by atoms with van der Waals surface area (Å²) in [6.07, 6.45) is 3.41. The van der Waals surface area contributed by atoms with Gasteiger partial charge in [0, 0.05) is 59.7 Å². The molecule has 3 N–H and O–H groups in total. The third kappa shape index (κ3) is 3.74. The molecule has 0 unspecified atom stereocenters. The monoisotopic (exact) mass is 454 g/mol.